The van der Waals surface area contributed by atoms with Crippen LogP contribution in [0.15, 0.2) is 4.99 Å². The van der Waals surface area contributed by atoms with E-state index >= 15 is 0 Å². The summed E-state index contributed by atoms with van der Waals surface area (Å²) in [5, 5.41) is 6.86. The van der Waals surface area contributed by atoms with Crippen molar-refractivity contribution in [3.8, 4) is 0 Å². The number of halogens is 3. The SMILES string of the molecule is CCOC1CC(NC(=NC)NC2CCN(CC(F)(F)F)C2)C12CCCC2. The Balaban J connectivity index is 1.51. The molecule has 2 aliphatic carbocycles. The fraction of sp³-hybridized carbons (Fsp3) is 0.944. The summed E-state index contributed by atoms with van der Waals surface area (Å²) >= 11 is 0. The Bertz CT molecular complexity index is 505. The number of guanidine groups is 1. The highest BCUT2D eigenvalue weighted by molar-refractivity contribution is 5.80. The van der Waals surface area contributed by atoms with Gasteiger partial charge in [0.2, 0.25) is 0 Å². The van der Waals surface area contributed by atoms with Crippen LogP contribution in [0.4, 0.5) is 13.2 Å². The van der Waals surface area contributed by atoms with E-state index in [1.165, 1.54) is 30.6 Å². The van der Waals surface area contributed by atoms with Crippen molar-refractivity contribution in [1.29, 1.82) is 0 Å². The van der Waals surface area contributed by atoms with Crippen molar-refractivity contribution >= 4 is 5.96 Å². The second-order valence-electron chi connectivity index (χ2n) is 7.87. The van der Waals surface area contributed by atoms with Gasteiger partial charge in [-0.2, -0.15) is 13.2 Å². The van der Waals surface area contributed by atoms with Crippen LogP contribution in [0.2, 0.25) is 0 Å². The molecule has 1 heterocycles. The Morgan fingerprint density at radius 3 is 2.62 bits per heavy atom. The monoisotopic (exact) mass is 376 g/mol. The summed E-state index contributed by atoms with van der Waals surface area (Å²) < 4.78 is 43.6. The molecule has 3 fully saturated rings. The fourth-order valence-electron chi connectivity index (χ4n) is 4.97. The Hall–Kier alpha value is -1.02. The first kappa shape index (κ1) is 19.7. The number of alkyl halides is 3. The summed E-state index contributed by atoms with van der Waals surface area (Å²) in [6, 6.07) is 0.339. The normalized spacial score (nSPS) is 32.0. The minimum Gasteiger partial charge on any atom is -0.378 e. The lowest BCUT2D eigenvalue weighted by atomic mass is 9.60. The Kier molecular flexibility index (Phi) is 6.01. The molecule has 5 nitrogen and oxygen atoms in total. The molecule has 3 atom stereocenters. The van der Waals surface area contributed by atoms with Crippen molar-refractivity contribution in [2.24, 2.45) is 10.4 Å². The number of ether oxygens (including phenoxy) is 1. The van der Waals surface area contributed by atoms with Gasteiger partial charge in [0.05, 0.1) is 12.6 Å². The third kappa shape index (κ3) is 4.27. The first-order valence-electron chi connectivity index (χ1n) is 9.77. The van der Waals surface area contributed by atoms with Crippen molar-refractivity contribution in [2.75, 3.05) is 33.3 Å². The van der Waals surface area contributed by atoms with E-state index in [0.29, 0.717) is 37.6 Å². The molecule has 0 aromatic rings. The summed E-state index contributed by atoms with van der Waals surface area (Å²) in [5.74, 6) is 0.704. The lowest BCUT2D eigenvalue weighted by Crippen LogP contribution is -2.65. The molecule has 3 rings (SSSR count). The van der Waals surface area contributed by atoms with Gasteiger partial charge in [0.25, 0.3) is 0 Å². The molecule has 3 unspecified atom stereocenters. The highest BCUT2D eigenvalue weighted by Crippen LogP contribution is 2.54. The van der Waals surface area contributed by atoms with Crippen LogP contribution in [0, 0.1) is 5.41 Å². The molecule has 1 saturated heterocycles. The van der Waals surface area contributed by atoms with Crippen LogP contribution in [0.5, 0.6) is 0 Å². The molecule has 1 aliphatic heterocycles. The third-order valence-corrected chi connectivity index (χ3v) is 6.24. The van der Waals surface area contributed by atoms with E-state index in [1.54, 1.807) is 7.05 Å². The van der Waals surface area contributed by atoms with Crippen LogP contribution in [-0.2, 0) is 4.74 Å². The van der Waals surface area contributed by atoms with Crippen molar-refractivity contribution < 1.29 is 17.9 Å². The number of hydrogen-bond acceptors (Lipinski definition) is 3. The third-order valence-electron chi connectivity index (χ3n) is 6.24. The molecular formula is C18H31F3N4O. The lowest BCUT2D eigenvalue weighted by molar-refractivity contribution is -0.143. The summed E-state index contributed by atoms with van der Waals surface area (Å²) in [7, 11) is 1.72. The molecule has 26 heavy (non-hydrogen) atoms. The van der Waals surface area contributed by atoms with E-state index < -0.39 is 12.7 Å². The predicted molar refractivity (Wildman–Crippen MR) is 95.3 cm³/mol. The fourth-order valence-corrected chi connectivity index (χ4v) is 4.97. The second kappa shape index (κ2) is 7.92. The van der Waals surface area contributed by atoms with Crippen LogP contribution in [0.1, 0.15) is 45.4 Å². The first-order chi connectivity index (χ1) is 12.4. The zero-order valence-corrected chi connectivity index (χ0v) is 15.7. The second-order valence-corrected chi connectivity index (χ2v) is 7.87. The van der Waals surface area contributed by atoms with Crippen molar-refractivity contribution in [2.45, 2.75) is 69.8 Å². The van der Waals surface area contributed by atoms with Gasteiger partial charge in [0, 0.05) is 44.2 Å². The molecule has 3 aliphatic rings. The minimum atomic E-state index is -4.14. The van der Waals surface area contributed by atoms with Crippen LogP contribution < -0.4 is 10.6 Å². The summed E-state index contributed by atoms with van der Waals surface area (Å²) in [6.45, 7) is 2.81. The van der Waals surface area contributed by atoms with Crippen molar-refractivity contribution in [3.63, 3.8) is 0 Å². The molecule has 0 aromatic carbocycles. The van der Waals surface area contributed by atoms with E-state index in [1.807, 2.05) is 6.92 Å². The van der Waals surface area contributed by atoms with Gasteiger partial charge in [-0.05, 0) is 32.6 Å². The highest BCUT2D eigenvalue weighted by Gasteiger charge is 2.57. The zero-order chi connectivity index (χ0) is 18.8. The maximum absolute atomic E-state index is 12.5. The van der Waals surface area contributed by atoms with E-state index in [4.69, 9.17) is 4.74 Å². The van der Waals surface area contributed by atoms with Gasteiger partial charge >= 0.3 is 6.18 Å². The van der Waals surface area contributed by atoms with Gasteiger partial charge in [0.15, 0.2) is 5.96 Å². The van der Waals surface area contributed by atoms with Crippen molar-refractivity contribution in [1.82, 2.24) is 15.5 Å². The Morgan fingerprint density at radius 1 is 1.27 bits per heavy atom. The molecular weight excluding hydrogens is 345 g/mol. The van der Waals surface area contributed by atoms with Gasteiger partial charge in [0.1, 0.15) is 0 Å². The number of nitrogens with one attached hydrogen (secondary N) is 2. The molecule has 0 radical (unpaired) electrons. The standard InChI is InChI=1S/C18H31F3N4O/c1-3-26-15-10-14(17(15)7-4-5-8-17)24-16(22-2)23-13-6-9-25(11-13)12-18(19,20)21/h13-15H,3-12H2,1-2H3,(H2,22,23,24). The molecule has 2 saturated carbocycles. The predicted octanol–water partition coefficient (Wildman–Crippen LogP) is 2.53. The van der Waals surface area contributed by atoms with Gasteiger partial charge in [-0.25, -0.2) is 0 Å². The largest absolute Gasteiger partial charge is 0.401 e. The van der Waals surface area contributed by atoms with Crippen LogP contribution in [-0.4, -0.2) is 68.5 Å². The maximum atomic E-state index is 12.5. The topological polar surface area (TPSA) is 48.9 Å². The average molecular weight is 376 g/mol. The number of likely N-dealkylation sites (tertiary alicyclic amines) is 1. The quantitative estimate of drug-likeness (QED) is 0.572. The molecule has 8 heteroatoms. The van der Waals surface area contributed by atoms with Crippen LogP contribution >= 0.6 is 0 Å². The Morgan fingerprint density at radius 2 is 2.00 bits per heavy atom. The maximum Gasteiger partial charge on any atom is 0.401 e. The van der Waals surface area contributed by atoms with E-state index in [2.05, 4.69) is 15.6 Å². The molecule has 2 N–H and O–H groups in total. The minimum absolute atomic E-state index is 0.00541. The number of hydrogen-bond donors (Lipinski definition) is 2. The summed E-state index contributed by atoms with van der Waals surface area (Å²) in [6.07, 6.45) is 2.69. The van der Waals surface area contributed by atoms with E-state index in [-0.39, 0.29) is 11.5 Å². The average Bonchev–Trinajstić information content (AvgIpc) is 3.22. The molecule has 0 aromatic heterocycles. The van der Waals surface area contributed by atoms with Gasteiger partial charge in [-0.1, -0.05) is 12.8 Å². The van der Waals surface area contributed by atoms with Gasteiger partial charge in [-0.3, -0.25) is 9.89 Å². The molecule has 1 spiro atoms. The molecule has 150 valence electrons. The molecule has 0 bridgehead atoms. The Labute approximate surface area is 153 Å². The number of aliphatic imine (C=N–C) groups is 1. The van der Waals surface area contributed by atoms with Gasteiger partial charge in [-0.15, -0.1) is 0 Å². The van der Waals surface area contributed by atoms with Crippen molar-refractivity contribution in [3.05, 3.63) is 0 Å². The number of nitrogens with zero attached hydrogens (tertiary/aromatic N) is 2. The molecule has 0 amide bonds. The smallest absolute Gasteiger partial charge is 0.378 e. The lowest BCUT2D eigenvalue weighted by Gasteiger charge is -2.54. The van der Waals surface area contributed by atoms with Gasteiger partial charge < -0.3 is 15.4 Å². The van der Waals surface area contributed by atoms with Crippen LogP contribution in [0.25, 0.3) is 0 Å². The zero-order valence-electron chi connectivity index (χ0n) is 15.7. The highest BCUT2D eigenvalue weighted by atomic mass is 19.4. The number of rotatable bonds is 5. The van der Waals surface area contributed by atoms with Crippen LogP contribution in [0.3, 0.4) is 0 Å². The van der Waals surface area contributed by atoms with E-state index in [0.717, 1.165) is 13.0 Å². The summed E-state index contributed by atoms with van der Waals surface area (Å²) in [5.41, 5.74) is 0.200. The first-order valence-corrected chi connectivity index (χ1v) is 9.77. The van der Waals surface area contributed by atoms with E-state index in [9.17, 15) is 13.2 Å². The summed E-state index contributed by atoms with van der Waals surface area (Å²) in [4.78, 5) is 5.77.